The van der Waals surface area contributed by atoms with Gasteiger partial charge in [0, 0.05) is 19.3 Å². The second-order valence-corrected chi connectivity index (χ2v) is 3.49. The van der Waals surface area contributed by atoms with Crippen LogP contribution >= 0.6 is 0 Å². The summed E-state index contributed by atoms with van der Waals surface area (Å²) in [7, 11) is 0. The van der Waals surface area contributed by atoms with E-state index in [2.05, 4.69) is 17.1 Å². The summed E-state index contributed by atoms with van der Waals surface area (Å²) in [6.07, 6.45) is 3.54. The van der Waals surface area contributed by atoms with Gasteiger partial charge in [-0.3, -0.25) is 0 Å². The molecule has 0 aliphatic heterocycles. The Balaban J connectivity index is 2.16. The van der Waals surface area contributed by atoms with Crippen molar-refractivity contribution in [3.63, 3.8) is 0 Å². The van der Waals surface area contributed by atoms with E-state index in [1.165, 1.54) is 5.56 Å². The first-order valence-corrected chi connectivity index (χ1v) is 4.83. The Morgan fingerprint density at radius 1 is 1.27 bits per heavy atom. The second kappa shape index (κ2) is 4.14. The SMILES string of the molecule is NCc1cccc(Cn2cnc(N)c2)c1. The fourth-order valence-electron chi connectivity index (χ4n) is 1.53. The predicted molar refractivity (Wildman–Crippen MR) is 60.1 cm³/mol. The van der Waals surface area contributed by atoms with E-state index in [4.69, 9.17) is 11.5 Å². The number of nitrogens with zero attached hydrogens (tertiary/aromatic N) is 2. The average molecular weight is 202 g/mol. The summed E-state index contributed by atoms with van der Waals surface area (Å²) >= 11 is 0. The van der Waals surface area contributed by atoms with Gasteiger partial charge in [-0.05, 0) is 11.1 Å². The molecule has 78 valence electrons. The highest BCUT2D eigenvalue weighted by atomic mass is 15.1. The molecular formula is C11H14N4. The van der Waals surface area contributed by atoms with Crippen LogP contribution in [-0.4, -0.2) is 9.55 Å². The van der Waals surface area contributed by atoms with Crippen LogP contribution in [0, 0.1) is 0 Å². The fraction of sp³-hybridized carbons (Fsp3) is 0.182. The number of hydrogen-bond donors (Lipinski definition) is 2. The third-order valence-corrected chi connectivity index (χ3v) is 2.25. The van der Waals surface area contributed by atoms with E-state index >= 15 is 0 Å². The molecule has 0 saturated carbocycles. The zero-order valence-electron chi connectivity index (χ0n) is 8.43. The first kappa shape index (κ1) is 9.73. The maximum absolute atomic E-state index is 5.58. The molecule has 0 radical (unpaired) electrons. The van der Waals surface area contributed by atoms with Crippen LogP contribution in [0.5, 0.6) is 0 Å². The predicted octanol–water partition coefficient (Wildman–Crippen LogP) is 0.972. The van der Waals surface area contributed by atoms with Crippen LogP contribution in [-0.2, 0) is 13.1 Å². The van der Waals surface area contributed by atoms with Gasteiger partial charge in [-0.25, -0.2) is 4.98 Å². The molecule has 0 fully saturated rings. The number of hydrogen-bond acceptors (Lipinski definition) is 3. The molecule has 0 amide bonds. The quantitative estimate of drug-likeness (QED) is 0.779. The van der Waals surface area contributed by atoms with Crippen molar-refractivity contribution in [2.75, 3.05) is 5.73 Å². The molecule has 4 N–H and O–H groups in total. The topological polar surface area (TPSA) is 69.9 Å². The molecule has 0 saturated heterocycles. The highest BCUT2D eigenvalue weighted by Crippen LogP contribution is 2.07. The van der Waals surface area contributed by atoms with Crippen LogP contribution in [0.1, 0.15) is 11.1 Å². The Hall–Kier alpha value is -1.81. The third kappa shape index (κ3) is 2.35. The van der Waals surface area contributed by atoms with Crippen molar-refractivity contribution in [3.8, 4) is 0 Å². The van der Waals surface area contributed by atoms with E-state index in [1.54, 1.807) is 6.33 Å². The highest BCUT2D eigenvalue weighted by Gasteiger charge is 1.97. The molecule has 1 aromatic heterocycles. The van der Waals surface area contributed by atoms with Gasteiger partial charge in [-0.1, -0.05) is 24.3 Å². The van der Waals surface area contributed by atoms with Gasteiger partial charge in [-0.15, -0.1) is 0 Å². The van der Waals surface area contributed by atoms with E-state index < -0.39 is 0 Å². The summed E-state index contributed by atoms with van der Waals surface area (Å²) in [5, 5.41) is 0. The van der Waals surface area contributed by atoms with Crippen LogP contribution in [0.15, 0.2) is 36.8 Å². The number of imidazole rings is 1. The van der Waals surface area contributed by atoms with E-state index in [1.807, 2.05) is 22.9 Å². The maximum Gasteiger partial charge on any atom is 0.141 e. The standard InChI is InChI=1S/C11H14N4/c12-5-9-2-1-3-10(4-9)6-15-7-11(13)14-8-15/h1-4,7-8H,5-6,12-13H2. The van der Waals surface area contributed by atoms with Crippen molar-refractivity contribution in [1.29, 1.82) is 0 Å². The van der Waals surface area contributed by atoms with Crippen LogP contribution in [0.3, 0.4) is 0 Å². The van der Waals surface area contributed by atoms with E-state index in [0.29, 0.717) is 12.4 Å². The smallest absolute Gasteiger partial charge is 0.141 e. The Morgan fingerprint density at radius 3 is 2.73 bits per heavy atom. The molecule has 2 rings (SSSR count). The van der Waals surface area contributed by atoms with E-state index in [0.717, 1.165) is 12.1 Å². The summed E-state index contributed by atoms with van der Waals surface area (Å²) in [5.41, 5.74) is 13.5. The maximum atomic E-state index is 5.58. The molecular weight excluding hydrogens is 188 g/mol. The Morgan fingerprint density at radius 2 is 2.07 bits per heavy atom. The first-order chi connectivity index (χ1) is 7.28. The molecule has 1 heterocycles. The Bertz CT molecular complexity index is 447. The van der Waals surface area contributed by atoms with Crippen molar-refractivity contribution >= 4 is 5.82 Å². The van der Waals surface area contributed by atoms with E-state index in [-0.39, 0.29) is 0 Å². The number of anilines is 1. The average Bonchev–Trinajstić information content (AvgIpc) is 2.64. The molecule has 0 aliphatic carbocycles. The number of nitrogens with two attached hydrogens (primary N) is 2. The Kier molecular flexibility index (Phi) is 2.69. The first-order valence-electron chi connectivity index (χ1n) is 4.83. The summed E-state index contributed by atoms with van der Waals surface area (Å²) in [4.78, 5) is 3.97. The lowest BCUT2D eigenvalue weighted by molar-refractivity contribution is 0.795. The summed E-state index contributed by atoms with van der Waals surface area (Å²) in [6.45, 7) is 1.35. The normalized spacial score (nSPS) is 10.5. The largest absolute Gasteiger partial charge is 0.382 e. The monoisotopic (exact) mass is 202 g/mol. The van der Waals surface area contributed by atoms with Crippen molar-refractivity contribution in [2.45, 2.75) is 13.1 Å². The summed E-state index contributed by atoms with van der Waals surface area (Å²) < 4.78 is 1.95. The molecule has 0 bridgehead atoms. The van der Waals surface area contributed by atoms with Crippen LogP contribution in [0.4, 0.5) is 5.82 Å². The van der Waals surface area contributed by atoms with Gasteiger partial charge in [0.25, 0.3) is 0 Å². The van der Waals surface area contributed by atoms with Crippen molar-refractivity contribution in [1.82, 2.24) is 9.55 Å². The molecule has 0 spiro atoms. The molecule has 0 aliphatic rings. The van der Waals surface area contributed by atoms with Gasteiger partial charge in [0.05, 0.1) is 6.33 Å². The molecule has 0 atom stereocenters. The lowest BCUT2D eigenvalue weighted by Crippen LogP contribution is -2.00. The molecule has 15 heavy (non-hydrogen) atoms. The van der Waals surface area contributed by atoms with Crippen molar-refractivity contribution < 1.29 is 0 Å². The summed E-state index contributed by atoms with van der Waals surface area (Å²) in [5.74, 6) is 0.546. The molecule has 4 nitrogen and oxygen atoms in total. The van der Waals surface area contributed by atoms with Gasteiger partial charge in [0.1, 0.15) is 5.82 Å². The van der Waals surface area contributed by atoms with E-state index in [9.17, 15) is 0 Å². The number of aromatic nitrogens is 2. The van der Waals surface area contributed by atoms with Gasteiger partial charge in [-0.2, -0.15) is 0 Å². The van der Waals surface area contributed by atoms with Crippen molar-refractivity contribution in [2.24, 2.45) is 5.73 Å². The van der Waals surface area contributed by atoms with Gasteiger partial charge in [0.15, 0.2) is 0 Å². The number of nitrogen functional groups attached to an aromatic ring is 1. The minimum absolute atomic E-state index is 0.546. The Labute approximate surface area is 88.5 Å². The zero-order chi connectivity index (χ0) is 10.7. The third-order valence-electron chi connectivity index (χ3n) is 2.25. The summed E-state index contributed by atoms with van der Waals surface area (Å²) in [6, 6.07) is 8.19. The van der Waals surface area contributed by atoms with Gasteiger partial charge in [0.2, 0.25) is 0 Å². The minimum Gasteiger partial charge on any atom is -0.382 e. The zero-order valence-corrected chi connectivity index (χ0v) is 8.43. The lowest BCUT2D eigenvalue weighted by Gasteiger charge is -2.04. The van der Waals surface area contributed by atoms with Crippen LogP contribution in [0.25, 0.3) is 0 Å². The second-order valence-electron chi connectivity index (χ2n) is 3.49. The minimum atomic E-state index is 0.546. The van der Waals surface area contributed by atoms with Crippen LogP contribution in [0.2, 0.25) is 0 Å². The molecule has 0 unspecified atom stereocenters. The van der Waals surface area contributed by atoms with Crippen LogP contribution < -0.4 is 11.5 Å². The lowest BCUT2D eigenvalue weighted by atomic mass is 10.1. The van der Waals surface area contributed by atoms with Gasteiger partial charge < -0.3 is 16.0 Å². The fourth-order valence-corrected chi connectivity index (χ4v) is 1.53. The molecule has 2 aromatic rings. The number of benzene rings is 1. The highest BCUT2D eigenvalue weighted by molar-refractivity contribution is 5.26. The van der Waals surface area contributed by atoms with Gasteiger partial charge >= 0.3 is 0 Å². The number of rotatable bonds is 3. The molecule has 4 heteroatoms. The van der Waals surface area contributed by atoms with Crippen molar-refractivity contribution in [3.05, 3.63) is 47.9 Å². The molecule has 1 aromatic carbocycles.